The highest BCUT2D eigenvalue weighted by Gasteiger charge is 2.23. The number of amides is 2. The van der Waals surface area contributed by atoms with E-state index in [4.69, 9.17) is 9.47 Å². The minimum atomic E-state index is -0.123. The van der Waals surface area contributed by atoms with Crippen molar-refractivity contribution in [2.24, 2.45) is 0 Å². The van der Waals surface area contributed by atoms with Gasteiger partial charge < -0.3 is 19.7 Å². The third-order valence-corrected chi connectivity index (χ3v) is 4.19. The lowest BCUT2D eigenvalue weighted by molar-refractivity contribution is -0.136. The molecule has 0 aliphatic carbocycles. The van der Waals surface area contributed by atoms with Crippen molar-refractivity contribution >= 4 is 11.8 Å². The standard InChI is InChI=1S/C18H26N2O4/c1-3-14-6-4-5-7-16(14)24-12-17(21)19-15-8-10-20(11-9-15)18(22)13-23-2/h4-7,15H,3,8-13H2,1-2H3,(H,19,21). The molecule has 1 aromatic carbocycles. The number of rotatable bonds is 7. The lowest BCUT2D eigenvalue weighted by Gasteiger charge is -2.32. The van der Waals surface area contributed by atoms with Gasteiger partial charge in [0, 0.05) is 26.2 Å². The molecule has 1 aliphatic rings. The van der Waals surface area contributed by atoms with Crippen LogP contribution < -0.4 is 10.1 Å². The first-order chi connectivity index (χ1) is 11.6. The van der Waals surface area contributed by atoms with Gasteiger partial charge in [-0.3, -0.25) is 9.59 Å². The van der Waals surface area contributed by atoms with E-state index in [9.17, 15) is 9.59 Å². The lowest BCUT2D eigenvalue weighted by Crippen LogP contribution is -2.48. The fourth-order valence-electron chi connectivity index (χ4n) is 2.84. The molecule has 0 spiro atoms. The summed E-state index contributed by atoms with van der Waals surface area (Å²) in [5, 5.41) is 2.98. The zero-order valence-electron chi connectivity index (χ0n) is 14.4. The van der Waals surface area contributed by atoms with Gasteiger partial charge in [-0.25, -0.2) is 0 Å². The zero-order chi connectivity index (χ0) is 17.4. The summed E-state index contributed by atoms with van der Waals surface area (Å²) in [4.78, 5) is 25.6. The molecule has 6 nitrogen and oxygen atoms in total. The lowest BCUT2D eigenvalue weighted by atomic mass is 10.1. The normalized spacial score (nSPS) is 15.2. The highest BCUT2D eigenvalue weighted by atomic mass is 16.5. The van der Waals surface area contributed by atoms with Crippen LogP contribution in [0.1, 0.15) is 25.3 Å². The maximum absolute atomic E-state index is 12.1. The predicted octanol–water partition coefficient (Wildman–Crippen LogP) is 1.38. The number of hydrogen-bond acceptors (Lipinski definition) is 4. The zero-order valence-corrected chi connectivity index (χ0v) is 14.4. The monoisotopic (exact) mass is 334 g/mol. The Labute approximate surface area is 143 Å². The van der Waals surface area contributed by atoms with Crippen LogP contribution in [-0.2, 0) is 20.7 Å². The van der Waals surface area contributed by atoms with Crippen LogP contribution in [0.4, 0.5) is 0 Å². The molecule has 1 heterocycles. The van der Waals surface area contributed by atoms with Crippen LogP contribution in [0.2, 0.25) is 0 Å². The van der Waals surface area contributed by atoms with E-state index in [0.717, 1.165) is 30.6 Å². The van der Waals surface area contributed by atoms with Gasteiger partial charge in [0.15, 0.2) is 6.61 Å². The molecular weight excluding hydrogens is 308 g/mol. The van der Waals surface area contributed by atoms with Crippen LogP contribution in [0.5, 0.6) is 5.75 Å². The van der Waals surface area contributed by atoms with Gasteiger partial charge in [-0.15, -0.1) is 0 Å². The number of carbonyl (C=O) groups excluding carboxylic acids is 2. The van der Waals surface area contributed by atoms with Crippen LogP contribution in [-0.4, -0.2) is 56.2 Å². The molecule has 0 radical (unpaired) electrons. The molecule has 6 heteroatoms. The molecule has 2 amide bonds. The molecule has 24 heavy (non-hydrogen) atoms. The minimum Gasteiger partial charge on any atom is -0.483 e. The van der Waals surface area contributed by atoms with Crippen LogP contribution in [0, 0.1) is 0 Å². The summed E-state index contributed by atoms with van der Waals surface area (Å²) < 4.78 is 10.5. The number of benzene rings is 1. The maximum atomic E-state index is 12.1. The van der Waals surface area contributed by atoms with Crippen molar-refractivity contribution in [3.63, 3.8) is 0 Å². The number of para-hydroxylation sites is 1. The second kappa shape index (κ2) is 9.27. The number of hydrogen-bond donors (Lipinski definition) is 1. The summed E-state index contributed by atoms with van der Waals surface area (Å²) >= 11 is 0. The van der Waals surface area contributed by atoms with E-state index in [1.165, 1.54) is 7.11 Å². The SMILES string of the molecule is CCc1ccccc1OCC(=O)NC1CCN(C(=O)COC)CC1. The van der Waals surface area contributed by atoms with Crippen molar-refractivity contribution < 1.29 is 19.1 Å². The molecular formula is C18H26N2O4. The summed E-state index contributed by atoms with van der Waals surface area (Å²) in [6, 6.07) is 7.84. The molecule has 0 saturated carbocycles. The number of nitrogens with one attached hydrogen (secondary N) is 1. The van der Waals surface area contributed by atoms with Crippen LogP contribution in [0.25, 0.3) is 0 Å². The molecule has 1 aromatic rings. The minimum absolute atomic E-state index is 0.00165. The Morgan fingerprint density at radius 2 is 1.92 bits per heavy atom. The number of methoxy groups -OCH3 is 1. The average molecular weight is 334 g/mol. The van der Waals surface area contributed by atoms with E-state index in [1.807, 2.05) is 24.3 Å². The molecule has 2 rings (SSSR count). The Balaban J connectivity index is 1.73. The second-order valence-electron chi connectivity index (χ2n) is 5.91. The van der Waals surface area contributed by atoms with E-state index in [-0.39, 0.29) is 31.1 Å². The van der Waals surface area contributed by atoms with Crippen molar-refractivity contribution in [1.82, 2.24) is 10.2 Å². The molecule has 1 N–H and O–H groups in total. The summed E-state index contributed by atoms with van der Waals surface area (Å²) in [6.07, 6.45) is 2.38. The average Bonchev–Trinajstić information content (AvgIpc) is 2.61. The molecule has 0 aromatic heterocycles. The van der Waals surface area contributed by atoms with E-state index in [2.05, 4.69) is 12.2 Å². The smallest absolute Gasteiger partial charge is 0.258 e. The van der Waals surface area contributed by atoms with Crippen molar-refractivity contribution in [3.05, 3.63) is 29.8 Å². The number of carbonyl (C=O) groups is 2. The van der Waals surface area contributed by atoms with E-state index in [0.29, 0.717) is 13.1 Å². The topological polar surface area (TPSA) is 67.9 Å². The third-order valence-electron chi connectivity index (χ3n) is 4.19. The van der Waals surface area contributed by atoms with E-state index >= 15 is 0 Å². The van der Waals surface area contributed by atoms with E-state index in [1.54, 1.807) is 4.90 Å². The molecule has 1 fully saturated rings. The number of likely N-dealkylation sites (tertiary alicyclic amines) is 1. The Morgan fingerprint density at radius 1 is 1.21 bits per heavy atom. The Kier molecular flexibility index (Phi) is 7.06. The first-order valence-corrected chi connectivity index (χ1v) is 8.40. The van der Waals surface area contributed by atoms with Crippen LogP contribution in [0.3, 0.4) is 0 Å². The summed E-state index contributed by atoms with van der Waals surface area (Å²) in [6.45, 7) is 3.47. The molecule has 1 aliphatic heterocycles. The number of nitrogens with zero attached hydrogens (tertiary/aromatic N) is 1. The third kappa shape index (κ3) is 5.23. The van der Waals surface area contributed by atoms with Crippen LogP contribution in [0.15, 0.2) is 24.3 Å². The van der Waals surface area contributed by atoms with Gasteiger partial charge in [0.05, 0.1) is 0 Å². The molecule has 0 atom stereocenters. The summed E-state index contributed by atoms with van der Waals surface area (Å²) in [5.41, 5.74) is 1.09. The highest BCUT2D eigenvalue weighted by Crippen LogP contribution is 2.18. The fraction of sp³-hybridized carbons (Fsp3) is 0.556. The van der Waals surface area contributed by atoms with Gasteiger partial charge in [-0.05, 0) is 30.9 Å². The van der Waals surface area contributed by atoms with Crippen LogP contribution >= 0.6 is 0 Å². The van der Waals surface area contributed by atoms with Gasteiger partial charge in [-0.1, -0.05) is 25.1 Å². The van der Waals surface area contributed by atoms with Crippen molar-refractivity contribution in [1.29, 1.82) is 0 Å². The fourth-order valence-corrected chi connectivity index (χ4v) is 2.84. The Morgan fingerprint density at radius 3 is 2.58 bits per heavy atom. The predicted molar refractivity (Wildman–Crippen MR) is 90.9 cm³/mol. The number of aryl methyl sites for hydroxylation is 1. The quantitative estimate of drug-likeness (QED) is 0.818. The van der Waals surface area contributed by atoms with E-state index < -0.39 is 0 Å². The van der Waals surface area contributed by atoms with Gasteiger partial charge in [0.25, 0.3) is 5.91 Å². The number of ether oxygens (including phenoxy) is 2. The first-order valence-electron chi connectivity index (χ1n) is 8.40. The summed E-state index contributed by atoms with van der Waals surface area (Å²) in [5.74, 6) is 0.638. The maximum Gasteiger partial charge on any atom is 0.258 e. The Bertz CT molecular complexity index is 554. The van der Waals surface area contributed by atoms with Crippen molar-refractivity contribution in [2.45, 2.75) is 32.2 Å². The Hall–Kier alpha value is -2.08. The van der Waals surface area contributed by atoms with Crippen molar-refractivity contribution in [3.8, 4) is 5.75 Å². The molecule has 132 valence electrons. The second-order valence-corrected chi connectivity index (χ2v) is 5.91. The largest absolute Gasteiger partial charge is 0.483 e. The molecule has 0 bridgehead atoms. The molecule has 0 unspecified atom stereocenters. The van der Waals surface area contributed by atoms with Gasteiger partial charge >= 0.3 is 0 Å². The van der Waals surface area contributed by atoms with Gasteiger partial charge in [-0.2, -0.15) is 0 Å². The van der Waals surface area contributed by atoms with Crippen molar-refractivity contribution in [2.75, 3.05) is 33.4 Å². The molecule has 1 saturated heterocycles. The number of piperidine rings is 1. The summed E-state index contributed by atoms with van der Waals surface area (Å²) in [7, 11) is 1.52. The first kappa shape index (κ1) is 18.3. The van der Waals surface area contributed by atoms with Gasteiger partial charge in [0.1, 0.15) is 12.4 Å². The highest BCUT2D eigenvalue weighted by molar-refractivity contribution is 5.78. The van der Waals surface area contributed by atoms with Gasteiger partial charge in [0.2, 0.25) is 5.91 Å².